The summed E-state index contributed by atoms with van der Waals surface area (Å²) in [4.78, 5) is 20.1. The molecule has 1 atom stereocenters. The molecule has 21 heavy (non-hydrogen) atoms. The minimum absolute atomic E-state index is 0.122. The average Bonchev–Trinajstić information content (AvgIpc) is 3.06. The van der Waals surface area contributed by atoms with E-state index in [4.69, 9.17) is 4.74 Å². The second kappa shape index (κ2) is 7.13. The molecule has 7 heteroatoms. The van der Waals surface area contributed by atoms with Gasteiger partial charge < -0.3 is 14.7 Å². The van der Waals surface area contributed by atoms with E-state index in [1.807, 2.05) is 24.4 Å². The summed E-state index contributed by atoms with van der Waals surface area (Å²) in [5.74, 6) is -0.122. The summed E-state index contributed by atoms with van der Waals surface area (Å²) in [6.45, 7) is 2.28. The molecule has 114 valence electrons. The monoisotopic (exact) mass is 326 g/mol. The minimum Gasteiger partial charge on any atom is -0.389 e. The Morgan fingerprint density at radius 2 is 2.33 bits per heavy atom. The maximum Gasteiger partial charge on any atom is 0.265 e. The summed E-state index contributed by atoms with van der Waals surface area (Å²) in [7, 11) is 3.19. The van der Waals surface area contributed by atoms with Gasteiger partial charge in [0.15, 0.2) is 0 Å². The number of hydrogen-bond acceptors (Lipinski definition) is 6. The molecule has 2 rings (SSSR count). The molecule has 0 aliphatic carbocycles. The maximum absolute atomic E-state index is 12.4. The fraction of sp³-hybridized carbons (Fsp3) is 0.429. The highest BCUT2D eigenvalue weighted by molar-refractivity contribution is 7.22. The molecular weight excluding hydrogens is 308 g/mol. The smallest absolute Gasteiger partial charge is 0.265 e. The van der Waals surface area contributed by atoms with E-state index in [0.29, 0.717) is 4.88 Å². The van der Waals surface area contributed by atoms with E-state index in [0.717, 1.165) is 15.6 Å². The zero-order valence-corrected chi connectivity index (χ0v) is 13.8. The van der Waals surface area contributed by atoms with E-state index in [1.54, 1.807) is 18.4 Å². The molecule has 0 saturated heterocycles. The molecule has 0 radical (unpaired) electrons. The molecule has 2 heterocycles. The molecule has 0 fully saturated rings. The van der Waals surface area contributed by atoms with Gasteiger partial charge in [0.25, 0.3) is 5.91 Å². The van der Waals surface area contributed by atoms with Gasteiger partial charge >= 0.3 is 0 Å². The van der Waals surface area contributed by atoms with Crippen molar-refractivity contribution in [1.82, 2.24) is 9.88 Å². The highest BCUT2D eigenvalue weighted by atomic mass is 32.1. The van der Waals surface area contributed by atoms with Crippen LogP contribution < -0.4 is 0 Å². The third-order valence-corrected chi connectivity index (χ3v) is 5.10. The molecule has 0 bridgehead atoms. The lowest BCUT2D eigenvalue weighted by atomic mass is 10.3. The molecule has 0 aliphatic rings. The first-order valence-electron chi connectivity index (χ1n) is 6.46. The van der Waals surface area contributed by atoms with E-state index in [9.17, 15) is 9.90 Å². The molecular formula is C14H18N2O3S2. The maximum atomic E-state index is 12.4. The molecule has 0 aliphatic heterocycles. The number of thiophene rings is 1. The van der Waals surface area contributed by atoms with Crippen LogP contribution in [0.15, 0.2) is 17.5 Å². The first-order valence-corrected chi connectivity index (χ1v) is 8.16. The largest absolute Gasteiger partial charge is 0.389 e. The Kier molecular flexibility index (Phi) is 5.46. The second-order valence-corrected chi connectivity index (χ2v) is 6.65. The van der Waals surface area contributed by atoms with Crippen molar-refractivity contribution >= 4 is 28.6 Å². The average molecular weight is 326 g/mol. The molecule has 0 aromatic carbocycles. The van der Waals surface area contributed by atoms with E-state index in [1.165, 1.54) is 23.3 Å². The van der Waals surface area contributed by atoms with Crippen LogP contribution >= 0.6 is 22.7 Å². The fourth-order valence-electron chi connectivity index (χ4n) is 1.92. The van der Waals surface area contributed by atoms with Gasteiger partial charge in [-0.15, -0.1) is 22.7 Å². The lowest BCUT2D eigenvalue weighted by molar-refractivity contribution is 0.0382. The van der Waals surface area contributed by atoms with Crippen molar-refractivity contribution in [1.29, 1.82) is 0 Å². The molecule has 0 saturated carbocycles. The van der Waals surface area contributed by atoms with Crippen molar-refractivity contribution in [3.63, 3.8) is 0 Å². The van der Waals surface area contributed by atoms with Crippen LogP contribution in [0.25, 0.3) is 9.88 Å². The summed E-state index contributed by atoms with van der Waals surface area (Å²) >= 11 is 2.99. The van der Waals surface area contributed by atoms with Crippen molar-refractivity contribution in [3.05, 3.63) is 28.1 Å². The van der Waals surface area contributed by atoms with E-state index >= 15 is 0 Å². The molecule has 5 nitrogen and oxygen atoms in total. The topological polar surface area (TPSA) is 62.7 Å². The summed E-state index contributed by atoms with van der Waals surface area (Å²) in [5, 5.41) is 12.6. The number of methoxy groups -OCH3 is 1. The van der Waals surface area contributed by atoms with Crippen LogP contribution in [-0.4, -0.2) is 54.3 Å². The van der Waals surface area contributed by atoms with Crippen LogP contribution in [0.3, 0.4) is 0 Å². The number of ether oxygens (including phenoxy) is 1. The van der Waals surface area contributed by atoms with E-state index in [-0.39, 0.29) is 19.1 Å². The predicted molar refractivity (Wildman–Crippen MR) is 85.0 cm³/mol. The first-order chi connectivity index (χ1) is 10.0. The molecule has 1 unspecified atom stereocenters. The van der Waals surface area contributed by atoms with Crippen LogP contribution in [0.1, 0.15) is 15.4 Å². The molecule has 2 aromatic heterocycles. The van der Waals surface area contributed by atoms with Gasteiger partial charge in [-0.2, -0.15) is 0 Å². The SMILES string of the molecule is COCC(O)CN(C)C(=O)c1sc(-c2cccs2)nc1C. The molecule has 0 spiro atoms. The number of aryl methyl sites for hydroxylation is 1. The van der Waals surface area contributed by atoms with E-state index in [2.05, 4.69) is 4.98 Å². The third-order valence-electron chi connectivity index (χ3n) is 2.91. The lowest BCUT2D eigenvalue weighted by Crippen LogP contribution is -2.36. The number of thiazole rings is 1. The number of aliphatic hydroxyl groups is 1. The summed E-state index contributed by atoms with van der Waals surface area (Å²) in [5.41, 5.74) is 0.724. The predicted octanol–water partition coefficient (Wildman–Crippen LogP) is 2.26. The number of aromatic nitrogens is 1. The minimum atomic E-state index is -0.686. The third kappa shape index (κ3) is 3.88. The van der Waals surface area contributed by atoms with Crippen molar-refractivity contribution in [2.75, 3.05) is 27.3 Å². The summed E-state index contributed by atoms with van der Waals surface area (Å²) in [6, 6.07) is 3.95. The molecule has 2 aromatic rings. The summed E-state index contributed by atoms with van der Waals surface area (Å²) in [6.07, 6.45) is -0.686. The zero-order valence-electron chi connectivity index (χ0n) is 12.2. The van der Waals surface area contributed by atoms with Crippen LogP contribution in [0, 0.1) is 6.92 Å². The highest BCUT2D eigenvalue weighted by Crippen LogP contribution is 2.31. The first kappa shape index (κ1) is 16.1. The van der Waals surface area contributed by atoms with E-state index < -0.39 is 6.10 Å². The Morgan fingerprint density at radius 1 is 1.57 bits per heavy atom. The van der Waals surface area contributed by atoms with Crippen molar-refractivity contribution in [3.8, 4) is 9.88 Å². The number of carbonyl (C=O) groups excluding carboxylic acids is 1. The van der Waals surface area contributed by atoms with Crippen molar-refractivity contribution < 1.29 is 14.6 Å². The lowest BCUT2D eigenvalue weighted by Gasteiger charge is -2.19. The van der Waals surface area contributed by atoms with Crippen molar-refractivity contribution in [2.45, 2.75) is 13.0 Å². The van der Waals surface area contributed by atoms with Gasteiger partial charge in [0.1, 0.15) is 9.88 Å². The second-order valence-electron chi connectivity index (χ2n) is 4.71. The fourth-order valence-corrected chi connectivity index (χ4v) is 3.78. The Labute approximate surface area is 131 Å². The van der Waals surface area contributed by atoms with Crippen LogP contribution in [0.5, 0.6) is 0 Å². The molecule has 1 N–H and O–H groups in total. The molecule has 1 amide bonds. The van der Waals surface area contributed by atoms with Crippen LogP contribution in [0.4, 0.5) is 0 Å². The van der Waals surface area contributed by atoms with Crippen molar-refractivity contribution in [2.24, 2.45) is 0 Å². The van der Waals surface area contributed by atoms with Gasteiger partial charge in [-0.05, 0) is 18.4 Å². The van der Waals surface area contributed by atoms with Gasteiger partial charge in [-0.1, -0.05) is 6.07 Å². The number of hydrogen-bond donors (Lipinski definition) is 1. The Balaban J connectivity index is 2.12. The number of nitrogens with zero attached hydrogens (tertiary/aromatic N) is 2. The van der Waals surface area contributed by atoms with Crippen LogP contribution in [0.2, 0.25) is 0 Å². The summed E-state index contributed by atoms with van der Waals surface area (Å²) < 4.78 is 4.87. The number of rotatable bonds is 6. The van der Waals surface area contributed by atoms with Gasteiger partial charge in [0.2, 0.25) is 0 Å². The van der Waals surface area contributed by atoms with Gasteiger partial charge in [0, 0.05) is 20.7 Å². The Morgan fingerprint density at radius 3 is 2.95 bits per heavy atom. The van der Waals surface area contributed by atoms with Crippen LogP contribution in [-0.2, 0) is 4.74 Å². The standard InChI is InChI=1S/C14H18N2O3S2/c1-9-12(14(18)16(2)7-10(17)8-19-3)21-13(15-9)11-5-4-6-20-11/h4-6,10,17H,7-8H2,1-3H3. The highest BCUT2D eigenvalue weighted by Gasteiger charge is 2.21. The normalized spacial score (nSPS) is 12.4. The van der Waals surface area contributed by atoms with Gasteiger partial charge in [0.05, 0.1) is 23.3 Å². The Bertz CT molecular complexity index is 595. The number of amides is 1. The number of likely N-dealkylation sites (N-methyl/N-ethyl adjacent to an activating group) is 1. The number of carbonyl (C=O) groups is 1. The zero-order chi connectivity index (χ0) is 15.4. The Hall–Kier alpha value is -1.28. The van der Waals surface area contributed by atoms with Gasteiger partial charge in [-0.3, -0.25) is 4.79 Å². The number of aliphatic hydroxyl groups excluding tert-OH is 1. The quantitative estimate of drug-likeness (QED) is 0.884. The van der Waals surface area contributed by atoms with Gasteiger partial charge in [-0.25, -0.2) is 4.98 Å².